The summed E-state index contributed by atoms with van der Waals surface area (Å²) in [4.78, 5) is 8.91. The Labute approximate surface area is 102 Å². The molecule has 0 bridgehead atoms. The highest BCUT2D eigenvalue weighted by Gasteiger charge is 2.14. The van der Waals surface area contributed by atoms with Gasteiger partial charge in [0.1, 0.15) is 5.52 Å². The van der Waals surface area contributed by atoms with Gasteiger partial charge in [-0.2, -0.15) is 0 Å². The fourth-order valence-electron chi connectivity index (χ4n) is 2.15. The van der Waals surface area contributed by atoms with Crippen LogP contribution < -0.4 is 5.73 Å². The molecule has 2 N–H and O–H groups in total. The zero-order valence-corrected chi connectivity index (χ0v) is 10.8. The molecule has 2 aromatic rings. The van der Waals surface area contributed by atoms with Crippen molar-refractivity contribution in [1.82, 2.24) is 14.5 Å². The largest absolute Gasteiger partial charge is 0.369 e. The molecule has 4 heteroatoms. The van der Waals surface area contributed by atoms with E-state index in [-0.39, 0.29) is 0 Å². The number of nitrogen functional groups attached to an aromatic ring is 1. The minimum atomic E-state index is 0.356. The second kappa shape index (κ2) is 4.73. The number of fused-ring (bicyclic) bond motifs is 1. The molecule has 2 rings (SSSR count). The average Bonchev–Trinajstić information content (AvgIpc) is 2.61. The van der Waals surface area contributed by atoms with E-state index in [1.54, 1.807) is 0 Å². The highest BCUT2D eigenvalue weighted by Crippen LogP contribution is 2.24. The number of nitrogens with two attached hydrogens (primary N) is 1. The highest BCUT2D eigenvalue weighted by atomic mass is 15.2. The Kier molecular flexibility index (Phi) is 3.31. The molecule has 0 spiro atoms. The Balaban J connectivity index is 2.44. The SMILES string of the molecule is CCCCC(C)n1c(N)nc2ccc(C)nc21. The van der Waals surface area contributed by atoms with E-state index in [1.807, 2.05) is 19.1 Å². The standard InChI is InChI=1S/C13H20N4/c1-4-5-6-10(3)17-12-11(16-13(17)14)8-7-9(2)15-12/h7-8,10H,4-6H2,1-3H3,(H2,14,16). The van der Waals surface area contributed by atoms with Gasteiger partial charge in [0.15, 0.2) is 5.65 Å². The van der Waals surface area contributed by atoms with Gasteiger partial charge in [0.25, 0.3) is 0 Å². The van der Waals surface area contributed by atoms with Crippen molar-refractivity contribution in [3.05, 3.63) is 17.8 Å². The van der Waals surface area contributed by atoms with Crippen LogP contribution in [0, 0.1) is 6.92 Å². The van der Waals surface area contributed by atoms with Crippen molar-refractivity contribution in [2.75, 3.05) is 5.73 Å². The van der Waals surface area contributed by atoms with Gasteiger partial charge in [-0.15, -0.1) is 0 Å². The number of hydrogen-bond acceptors (Lipinski definition) is 3. The molecule has 0 fully saturated rings. The molecule has 1 atom stereocenters. The van der Waals surface area contributed by atoms with E-state index in [0.29, 0.717) is 12.0 Å². The van der Waals surface area contributed by atoms with Gasteiger partial charge in [-0.1, -0.05) is 19.8 Å². The number of aryl methyl sites for hydroxylation is 1. The predicted molar refractivity (Wildman–Crippen MR) is 70.9 cm³/mol. The molecule has 4 nitrogen and oxygen atoms in total. The first-order valence-electron chi connectivity index (χ1n) is 6.24. The zero-order chi connectivity index (χ0) is 12.4. The normalized spacial score (nSPS) is 13.1. The molecule has 0 aliphatic rings. The van der Waals surface area contributed by atoms with Gasteiger partial charge < -0.3 is 5.73 Å². The second-order valence-corrected chi connectivity index (χ2v) is 4.63. The van der Waals surface area contributed by atoms with Crippen LogP contribution in [0.1, 0.15) is 44.8 Å². The van der Waals surface area contributed by atoms with Gasteiger partial charge in [-0.3, -0.25) is 4.57 Å². The molecule has 92 valence electrons. The third-order valence-corrected chi connectivity index (χ3v) is 3.12. The van der Waals surface area contributed by atoms with Crippen LogP contribution in [0.3, 0.4) is 0 Å². The van der Waals surface area contributed by atoms with Crippen LogP contribution in [0.5, 0.6) is 0 Å². The highest BCUT2D eigenvalue weighted by molar-refractivity contribution is 5.74. The van der Waals surface area contributed by atoms with Crippen molar-refractivity contribution < 1.29 is 0 Å². The molecule has 0 radical (unpaired) electrons. The molecule has 0 aromatic carbocycles. The Morgan fingerprint density at radius 3 is 2.82 bits per heavy atom. The maximum Gasteiger partial charge on any atom is 0.202 e. The topological polar surface area (TPSA) is 56.7 Å². The van der Waals surface area contributed by atoms with E-state index in [0.717, 1.165) is 23.3 Å². The number of pyridine rings is 1. The number of hydrogen-bond donors (Lipinski definition) is 1. The summed E-state index contributed by atoms with van der Waals surface area (Å²) in [6.45, 7) is 6.37. The smallest absolute Gasteiger partial charge is 0.202 e. The van der Waals surface area contributed by atoms with E-state index in [9.17, 15) is 0 Å². The zero-order valence-electron chi connectivity index (χ0n) is 10.8. The van der Waals surface area contributed by atoms with Crippen LogP contribution in [-0.4, -0.2) is 14.5 Å². The average molecular weight is 232 g/mol. The summed E-state index contributed by atoms with van der Waals surface area (Å²) in [6, 6.07) is 4.31. The van der Waals surface area contributed by atoms with Crippen LogP contribution in [0.15, 0.2) is 12.1 Å². The van der Waals surface area contributed by atoms with Gasteiger partial charge in [-0.05, 0) is 32.4 Å². The number of aromatic nitrogens is 3. The van der Waals surface area contributed by atoms with Crippen molar-refractivity contribution in [2.24, 2.45) is 0 Å². The lowest BCUT2D eigenvalue weighted by Crippen LogP contribution is -2.09. The lowest BCUT2D eigenvalue weighted by Gasteiger charge is -2.14. The van der Waals surface area contributed by atoms with Gasteiger partial charge in [0.05, 0.1) is 0 Å². The first kappa shape index (κ1) is 11.9. The predicted octanol–water partition coefficient (Wildman–Crippen LogP) is 3.07. The maximum absolute atomic E-state index is 5.99. The Bertz CT molecular complexity index is 515. The number of imidazole rings is 1. The van der Waals surface area contributed by atoms with Crippen molar-refractivity contribution in [1.29, 1.82) is 0 Å². The minimum absolute atomic E-state index is 0.356. The van der Waals surface area contributed by atoms with Gasteiger partial charge >= 0.3 is 0 Å². The Morgan fingerprint density at radius 2 is 2.12 bits per heavy atom. The summed E-state index contributed by atoms with van der Waals surface area (Å²) in [5, 5.41) is 0. The first-order chi connectivity index (χ1) is 8.13. The summed E-state index contributed by atoms with van der Waals surface area (Å²) in [5.74, 6) is 0.571. The van der Waals surface area contributed by atoms with E-state index < -0.39 is 0 Å². The lowest BCUT2D eigenvalue weighted by atomic mass is 10.1. The molecule has 1 unspecified atom stereocenters. The second-order valence-electron chi connectivity index (χ2n) is 4.63. The molecule has 0 saturated carbocycles. The van der Waals surface area contributed by atoms with Gasteiger partial charge in [-0.25, -0.2) is 9.97 Å². The number of anilines is 1. The summed E-state index contributed by atoms with van der Waals surface area (Å²) in [7, 11) is 0. The fraction of sp³-hybridized carbons (Fsp3) is 0.538. The molecule has 0 aliphatic carbocycles. The molecule has 0 saturated heterocycles. The van der Waals surface area contributed by atoms with Crippen molar-refractivity contribution >= 4 is 17.1 Å². The van der Waals surface area contributed by atoms with Gasteiger partial charge in [0.2, 0.25) is 5.95 Å². The molecular weight excluding hydrogens is 212 g/mol. The summed E-state index contributed by atoms with van der Waals surface area (Å²) < 4.78 is 2.05. The van der Waals surface area contributed by atoms with Crippen molar-refractivity contribution in [3.8, 4) is 0 Å². The van der Waals surface area contributed by atoms with Crippen LogP contribution in [0.4, 0.5) is 5.95 Å². The number of nitrogens with zero attached hydrogens (tertiary/aromatic N) is 3. The van der Waals surface area contributed by atoms with Crippen LogP contribution in [0.25, 0.3) is 11.2 Å². The third-order valence-electron chi connectivity index (χ3n) is 3.12. The molecular formula is C13H20N4. The molecule has 0 amide bonds. The Hall–Kier alpha value is -1.58. The molecule has 17 heavy (non-hydrogen) atoms. The maximum atomic E-state index is 5.99. The quantitative estimate of drug-likeness (QED) is 0.881. The monoisotopic (exact) mass is 232 g/mol. The van der Waals surface area contributed by atoms with Crippen LogP contribution in [-0.2, 0) is 0 Å². The lowest BCUT2D eigenvalue weighted by molar-refractivity contribution is 0.499. The summed E-state index contributed by atoms with van der Waals surface area (Å²) >= 11 is 0. The minimum Gasteiger partial charge on any atom is -0.369 e. The number of unbranched alkanes of at least 4 members (excludes halogenated alkanes) is 1. The molecule has 2 heterocycles. The van der Waals surface area contributed by atoms with Crippen LogP contribution >= 0.6 is 0 Å². The summed E-state index contributed by atoms with van der Waals surface area (Å²) in [6.07, 6.45) is 3.51. The van der Waals surface area contributed by atoms with Crippen LogP contribution in [0.2, 0.25) is 0 Å². The van der Waals surface area contributed by atoms with E-state index in [4.69, 9.17) is 5.73 Å². The van der Waals surface area contributed by atoms with Gasteiger partial charge in [0, 0.05) is 11.7 Å². The van der Waals surface area contributed by atoms with E-state index >= 15 is 0 Å². The molecule has 0 aliphatic heterocycles. The van der Waals surface area contributed by atoms with E-state index in [2.05, 4.69) is 28.4 Å². The molecule has 2 aromatic heterocycles. The number of rotatable bonds is 4. The Morgan fingerprint density at radius 1 is 1.35 bits per heavy atom. The third kappa shape index (κ3) is 2.25. The van der Waals surface area contributed by atoms with Crippen molar-refractivity contribution in [3.63, 3.8) is 0 Å². The van der Waals surface area contributed by atoms with Crippen molar-refractivity contribution in [2.45, 2.75) is 46.1 Å². The summed E-state index contributed by atoms with van der Waals surface area (Å²) in [5.41, 5.74) is 8.78. The van der Waals surface area contributed by atoms with E-state index in [1.165, 1.54) is 12.8 Å². The first-order valence-corrected chi connectivity index (χ1v) is 6.24. The fourth-order valence-corrected chi connectivity index (χ4v) is 2.15.